The summed E-state index contributed by atoms with van der Waals surface area (Å²) in [7, 11) is 0. The first-order valence-electron chi connectivity index (χ1n) is 17.6. The van der Waals surface area contributed by atoms with E-state index >= 15 is 0 Å². The maximum atomic E-state index is 6.39. The van der Waals surface area contributed by atoms with Gasteiger partial charge in [0.1, 0.15) is 12.4 Å². The molecule has 8 aromatic rings. The highest BCUT2D eigenvalue weighted by molar-refractivity contribution is 5.92. The lowest BCUT2D eigenvalue weighted by atomic mass is 9.89. The van der Waals surface area contributed by atoms with Gasteiger partial charge in [-0.05, 0) is 98.6 Å². The second kappa shape index (κ2) is 15.0. The summed E-state index contributed by atoms with van der Waals surface area (Å²) in [4.78, 5) is 2.29. The van der Waals surface area contributed by atoms with Gasteiger partial charge in [0.2, 0.25) is 0 Å². The van der Waals surface area contributed by atoms with Gasteiger partial charge in [0.05, 0.1) is 5.69 Å². The van der Waals surface area contributed by atoms with Crippen LogP contribution in [0.15, 0.2) is 206 Å². The summed E-state index contributed by atoms with van der Waals surface area (Å²) in [6.45, 7) is 0.432. The number of nitrogen functional groups attached to an aromatic ring is 1. The van der Waals surface area contributed by atoms with Gasteiger partial charge in [0, 0.05) is 17.1 Å². The van der Waals surface area contributed by atoms with E-state index in [0.717, 1.165) is 39.3 Å². The Hall–Kier alpha value is -6.84. The number of benzene rings is 8. The molecule has 250 valence electrons. The van der Waals surface area contributed by atoms with E-state index in [1.807, 2.05) is 30.3 Å². The van der Waals surface area contributed by atoms with Crippen LogP contribution in [0.2, 0.25) is 0 Å². The molecule has 0 saturated heterocycles. The van der Waals surface area contributed by atoms with Crippen LogP contribution in [-0.2, 0) is 6.61 Å². The van der Waals surface area contributed by atoms with Gasteiger partial charge < -0.3 is 15.4 Å². The van der Waals surface area contributed by atoms with Gasteiger partial charge >= 0.3 is 0 Å². The highest BCUT2D eigenvalue weighted by Gasteiger charge is 2.15. The minimum absolute atomic E-state index is 0.432. The van der Waals surface area contributed by atoms with Crippen LogP contribution in [0.5, 0.6) is 5.75 Å². The minimum atomic E-state index is 0.432. The number of para-hydroxylation sites is 2. The molecule has 0 spiro atoms. The molecule has 0 aliphatic carbocycles. The quantitative estimate of drug-likeness (QED) is 0.147. The molecule has 0 heterocycles. The summed E-state index contributed by atoms with van der Waals surface area (Å²) in [5.74, 6) is 0.687. The van der Waals surface area contributed by atoms with Crippen LogP contribution >= 0.6 is 0 Å². The predicted molar refractivity (Wildman–Crippen MR) is 218 cm³/mol. The highest BCUT2D eigenvalue weighted by Crippen LogP contribution is 2.40. The molecule has 0 atom stereocenters. The van der Waals surface area contributed by atoms with Crippen molar-refractivity contribution in [1.82, 2.24) is 0 Å². The summed E-state index contributed by atoms with van der Waals surface area (Å²) in [5, 5.41) is 0. The lowest BCUT2D eigenvalue weighted by molar-refractivity contribution is 0.308. The molecule has 3 heteroatoms. The zero-order chi connectivity index (χ0) is 35.1. The molecule has 0 aliphatic heterocycles. The molecule has 0 unspecified atom stereocenters. The van der Waals surface area contributed by atoms with Crippen LogP contribution in [0.4, 0.5) is 22.7 Å². The van der Waals surface area contributed by atoms with Gasteiger partial charge in [-0.15, -0.1) is 0 Å². The van der Waals surface area contributed by atoms with E-state index in [1.54, 1.807) is 0 Å². The third kappa shape index (κ3) is 6.94. The molecule has 2 N–H and O–H groups in total. The van der Waals surface area contributed by atoms with Crippen LogP contribution in [0.25, 0.3) is 44.5 Å². The molecule has 0 saturated carbocycles. The summed E-state index contributed by atoms with van der Waals surface area (Å²) >= 11 is 0. The van der Waals surface area contributed by atoms with Crippen molar-refractivity contribution in [3.8, 4) is 50.3 Å². The van der Waals surface area contributed by atoms with Gasteiger partial charge in [-0.2, -0.15) is 0 Å². The third-order valence-corrected chi connectivity index (χ3v) is 9.39. The van der Waals surface area contributed by atoms with Gasteiger partial charge in [0.15, 0.2) is 0 Å². The zero-order valence-electron chi connectivity index (χ0n) is 28.8. The summed E-state index contributed by atoms with van der Waals surface area (Å²) in [5.41, 5.74) is 20.7. The van der Waals surface area contributed by atoms with Crippen molar-refractivity contribution in [1.29, 1.82) is 0 Å². The molecule has 3 nitrogen and oxygen atoms in total. The van der Waals surface area contributed by atoms with Crippen LogP contribution in [0, 0.1) is 0 Å². The molecule has 0 radical (unpaired) electrons. The lowest BCUT2D eigenvalue weighted by Crippen LogP contribution is -2.09. The van der Waals surface area contributed by atoms with Gasteiger partial charge in [-0.3, -0.25) is 0 Å². The minimum Gasteiger partial charge on any atom is -0.487 e. The van der Waals surface area contributed by atoms with Crippen LogP contribution in [-0.4, -0.2) is 0 Å². The number of anilines is 4. The molecule has 0 amide bonds. The standard InChI is InChI=1S/C49H38N2O/c50-48-34-40(37-14-4-1-5-15-37)30-33-49(48)52-35-36-24-26-38(27-25-36)44-20-10-12-22-46(44)47-23-13-11-21-45(47)39-28-31-43(32-29-39)51(41-16-6-2-7-17-41)42-18-8-3-9-19-42/h1-34H,35,50H2. The van der Waals surface area contributed by atoms with Crippen molar-refractivity contribution in [3.63, 3.8) is 0 Å². The van der Waals surface area contributed by atoms with Crippen molar-refractivity contribution in [3.05, 3.63) is 212 Å². The van der Waals surface area contributed by atoms with Crippen molar-refractivity contribution < 1.29 is 4.74 Å². The number of hydrogen-bond donors (Lipinski definition) is 1. The van der Waals surface area contributed by atoms with E-state index in [0.29, 0.717) is 18.0 Å². The van der Waals surface area contributed by atoms with E-state index in [-0.39, 0.29) is 0 Å². The molecule has 8 rings (SSSR count). The lowest BCUT2D eigenvalue weighted by Gasteiger charge is -2.25. The Labute approximate surface area is 305 Å². The molecular formula is C49H38N2O. The Morgan fingerprint density at radius 2 is 0.788 bits per heavy atom. The second-order valence-electron chi connectivity index (χ2n) is 12.7. The SMILES string of the molecule is Nc1cc(-c2ccccc2)ccc1OCc1ccc(-c2ccccc2-c2ccccc2-c2ccc(N(c3ccccc3)c3ccccc3)cc2)cc1. The Bertz CT molecular complexity index is 2350. The average molecular weight is 671 g/mol. The largest absolute Gasteiger partial charge is 0.487 e. The molecule has 0 bridgehead atoms. The summed E-state index contributed by atoms with van der Waals surface area (Å²) in [6.07, 6.45) is 0. The Morgan fingerprint density at radius 1 is 0.365 bits per heavy atom. The Kier molecular flexibility index (Phi) is 9.31. The number of rotatable bonds is 10. The fourth-order valence-corrected chi connectivity index (χ4v) is 6.76. The number of ether oxygens (including phenoxy) is 1. The number of nitrogens with zero attached hydrogens (tertiary/aromatic N) is 1. The van der Waals surface area contributed by atoms with Crippen molar-refractivity contribution in [2.24, 2.45) is 0 Å². The van der Waals surface area contributed by atoms with E-state index in [1.165, 1.54) is 27.8 Å². The zero-order valence-corrected chi connectivity index (χ0v) is 28.8. The van der Waals surface area contributed by atoms with Crippen LogP contribution < -0.4 is 15.4 Å². The van der Waals surface area contributed by atoms with E-state index in [2.05, 4.69) is 181 Å². The Morgan fingerprint density at radius 3 is 1.31 bits per heavy atom. The van der Waals surface area contributed by atoms with Crippen molar-refractivity contribution in [2.75, 3.05) is 10.6 Å². The van der Waals surface area contributed by atoms with E-state index in [4.69, 9.17) is 10.5 Å². The summed E-state index contributed by atoms with van der Waals surface area (Å²) < 4.78 is 6.16. The monoisotopic (exact) mass is 670 g/mol. The summed E-state index contributed by atoms with van der Waals surface area (Å²) in [6, 6.07) is 72.1. The van der Waals surface area contributed by atoms with Crippen LogP contribution in [0.1, 0.15) is 5.56 Å². The van der Waals surface area contributed by atoms with Gasteiger partial charge in [0.25, 0.3) is 0 Å². The second-order valence-corrected chi connectivity index (χ2v) is 12.7. The first kappa shape index (κ1) is 32.4. The first-order valence-corrected chi connectivity index (χ1v) is 17.6. The van der Waals surface area contributed by atoms with E-state index < -0.39 is 0 Å². The molecular weight excluding hydrogens is 633 g/mol. The first-order chi connectivity index (χ1) is 25.7. The molecule has 0 fully saturated rings. The van der Waals surface area contributed by atoms with E-state index in [9.17, 15) is 0 Å². The van der Waals surface area contributed by atoms with Gasteiger partial charge in [-0.25, -0.2) is 0 Å². The highest BCUT2D eigenvalue weighted by atomic mass is 16.5. The predicted octanol–water partition coefficient (Wildman–Crippen LogP) is 13.0. The number of hydrogen-bond acceptors (Lipinski definition) is 3. The third-order valence-electron chi connectivity index (χ3n) is 9.39. The van der Waals surface area contributed by atoms with Crippen molar-refractivity contribution >= 4 is 22.7 Å². The normalized spacial score (nSPS) is 10.8. The van der Waals surface area contributed by atoms with Crippen molar-refractivity contribution in [2.45, 2.75) is 6.61 Å². The fourth-order valence-electron chi connectivity index (χ4n) is 6.76. The topological polar surface area (TPSA) is 38.5 Å². The maximum Gasteiger partial charge on any atom is 0.142 e. The maximum absolute atomic E-state index is 6.39. The molecule has 0 aliphatic rings. The number of nitrogens with two attached hydrogens (primary N) is 1. The fraction of sp³-hybridized carbons (Fsp3) is 0.0204. The van der Waals surface area contributed by atoms with Crippen LogP contribution in [0.3, 0.4) is 0 Å². The molecule has 8 aromatic carbocycles. The molecule has 0 aromatic heterocycles. The smallest absolute Gasteiger partial charge is 0.142 e. The van der Waals surface area contributed by atoms with Gasteiger partial charge in [-0.1, -0.05) is 158 Å². The molecule has 52 heavy (non-hydrogen) atoms. The average Bonchev–Trinajstić information content (AvgIpc) is 3.22. The Balaban J connectivity index is 1.04.